The Kier molecular flexibility index (Phi) is 4.82. The molecule has 1 heterocycles. The molecule has 5 heteroatoms. The van der Waals surface area contributed by atoms with Crippen LogP contribution in [0.5, 0.6) is 5.75 Å². The number of nitrogens with one attached hydrogen (secondary N) is 1. The Labute approximate surface area is 152 Å². The molecule has 4 nitrogen and oxygen atoms in total. The van der Waals surface area contributed by atoms with E-state index in [9.17, 15) is 10.1 Å². The lowest BCUT2D eigenvalue weighted by Crippen LogP contribution is -2.20. The monoisotopic (exact) mass is 354 g/mol. The topological polar surface area (TPSA) is 62.1 Å². The fourth-order valence-corrected chi connectivity index (χ4v) is 4.23. The maximum Gasteiger partial charge on any atom is 0.262 e. The van der Waals surface area contributed by atoms with E-state index in [0.29, 0.717) is 16.3 Å². The van der Waals surface area contributed by atoms with Gasteiger partial charge in [0.1, 0.15) is 16.8 Å². The van der Waals surface area contributed by atoms with E-state index < -0.39 is 0 Å². The van der Waals surface area contributed by atoms with Gasteiger partial charge >= 0.3 is 0 Å². The number of hydrogen-bond donors (Lipinski definition) is 1. The summed E-state index contributed by atoms with van der Waals surface area (Å²) in [6.07, 6.45) is 3.03. The van der Waals surface area contributed by atoms with Crippen molar-refractivity contribution < 1.29 is 9.53 Å². The van der Waals surface area contributed by atoms with Crippen molar-refractivity contribution in [2.24, 2.45) is 0 Å². The number of carbonyl (C=O) groups is 1. The molecule has 0 aliphatic heterocycles. The largest absolute Gasteiger partial charge is 0.484 e. The number of aryl methyl sites for hydroxylation is 1. The number of hydrogen-bond acceptors (Lipinski definition) is 4. The average Bonchev–Trinajstić information content (AvgIpc) is 3.13. The number of amides is 1. The fourth-order valence-electron chi connectivity index (χ4n) is 2.97. The van der Waals surface area contributed by atoms with Gasteiger partial charge in [0.25, 0.3) is 5.91 Å². The van der Waals surface area contributed by atoms with Crippen molar-refractivity contribution in [3.63, 3.8) is 0 Å². The number of benzene rings is 1. The molecule has 2 aromatic rings. The highest BCUT2D eigenvalue weighted by molar-refractivity contribution is 7.16. The van der Waals surface area contributed by atoms with Crippen molar-refractivity contribution in [2.45, 2.75) is 45.4 Å². The molecule has 0 spiro atoms. The second kappa shape index (κ2) is 6.89. The number of rotatable bonds is 4. The Hall–Kier alpha value is -2.32. The maximum atomic E-state index is 12.2. The summed E-state index contributed by atoms with van der Waals surface area (Å²) in [5.74, 6) is 0.425. The molecule has 0 atom stereocenters. The molecule has 0 saturated heterocycles. The third kappa shape index (κ3) is 3.85. The van der Waals surface area contributed by atoms with E-state index in [1.165, 1.54) is 21.8 Å². The molecule has 0 fully saturated rings. The van der Waals surface area contributed by atoms with Crippen LogP contribution in [0.1, 0.15) is 48.8 Å². The van der Waals surface area contributed by atoms with Crippen LogP contribution in [-0.4, -0.2) is 12.5 Å². The summed E-state index contributed by atoms with van der Waals surface area (Å²) in [7, 11) is 0. The minimum atomic E-state index is -0.240. The first-order valence-corrected chi connectivity index (χ1v) is 9.28. The van der Waals surface area contributed by atoms with Crippen molar-refractivity contribution in [2.75, 3.05) is 11.9 Å². The number of ether oxygens (including phenoxy) is 1. The highest BCUT2D eigenvalue weighted by atomic mass is 32.1. The Morgan fingerprint density at radius 2 is 2.00 bits per heavy atom. The van der Waals surface area contributed by atoms with E-state index in [2.05, 4.69) is 32.2 Å². The fraction of sp³-hybridized carbons (Fsp3) is 0.400. The van der Waals surface area contributed by atoms with Crippen molar-refractivity contribution in [3.8, 4) is 11.8 Å². The Morgan fingerprint density at radius 1 is 1.28 bits per heavy atom. The number of carbonyl (C=O) groups excluding carboxylic acids is 1. The van der Waals surface area contributed by atoms with E-state index in [1.807, 2.05) is 24.3 Å². The van der Waals surface area contributed by atoms with Gasteiger partial charge in [-0.05, 0) is 47.9 Å². The minimum absolute atomic E-state index is 0.0672. The molecular formula is C20H22N2O2S. The van der Waals surface area contributed by atoms with E-state index in [0.717, 1.165) is 24.8 Å². The quantitative estimate of drug-likeness (QED) is 0.884. The Morgan fingerprint density at radius 3 is 2.64 bits per heavy atom. The van der Waals surface area contributed by atoms with Gasteiger partial charge in [0.2, 0.25) is 0 Å². The van der Waals surface area contributed by atoms with Crippen LogP contribution in [0.3, 0.4) is 0 Å². The van der Waals surface area contributed by atoms with E-state index in [-0.39, 0.29) is 17.9 Å². The van der Waals surface area contributed by atoms with Crippen LogP contribution in [0.25, 0.3) is 0 Å². The van der Waals surface area contributed by atoms with Crippen molar-refractivity contribution in [3.05, 3.63) is 45.8 Å². The molecule has 130 valence electrons. The predicted molar refractivity (Wildman–Crippen MR) is 100 cm³/mol. The van der Waals surface area contributed by atoms with Gasteiger partial charge < -0.3 is 10.1 Å². The third-order valence-corrected chi connectivity index (χ3v) is 5.58. The summed E-state index contributed by atoms with van der Waals surface area (Å²) in [5, 5.41) is 12.8. The SMILES string of the molecule is CC(C)(C)c1ccc(OCC(=O)Nc2sc3c(c2C#N)CCC3)cc1. The summed E-state index contributed by atoms with van der Waals surface area (Å²) in [6, 6.07) is 10.0. The van der Waals surface area contributed by atoms with Crippen LogP contribution in [0.4, 0.5) is 5.00 Å². The smallest absolute Gasteiger partial charge is 0.262 e. The van der Waals surface area contributed by atoms with Gasteiger partial charge in [-0.1, -0.05) is 32.9 Å². The molecule has 1 aliphatic carbocycles. The summed E-state index contributed by atoms with van der Waals surface area (Å²) in [4.78, 5) is 13.4. The second-order valence-corrected chi connectivity index (χ2v) is 8.39. The van der Waals surface area contributed by atoms with Crippen molar-refractivity contribution in [1.82, 2.24) is 0 Å². The van der Waals surface area contributed by atoms with Crippen LogP contribution < -0.4 is 10.1 Å². The van der Waals surface area contributed by atoms with Gasteiger partial charge in [-0.15, -0.1) is 11.3 Å². The molecule has 1 amide bonds. The van der Waals surface area contributed by atoms with Crippen LogP contribution in [0.15, 0.2) is 24.3 Å². The first-order chi connectivity index (χ1) is 11.9. The predicted octanol–water partition coefficient (Wildman–Crippen LogP) is 4.42. The molecular weight excluding hydrogens is 332 g/mol. The molecule has 0 bridgehead atoms. The zero-order chi connectivity index (χ0) is 18.0. The lowest BCUT2D eigenvalue weighted by molar-refractivity contribution is -0.118. The van der Waals surface area contributed by atoms with E-state index >= 15 is 0 Å². The summed E-state index contributed by atoms with van der Waals surface area (Å²) >= 11 is 1.52. The lowest BCUT2D eigenvalue weighted by Gasteiger charge is -2.19. The molecule has 1 aliphatic rings. The minimum Gasteiger partial charge on any atom is -0.484 e. The Balaban J connectivity index is 1.60. The lowest BCUT2D eigenvalue weighted by atomic mass is 9.87. The highest BCUT2D eigenvalue weighted by Crippen LogP contribution is 2.38. The molecule has 0 unspecified atom stereocenters. The van der Waals surface area contributed by atoms with Crippen LogP contribution >= 0.6 is 11.3 Å². The molecule has 1 aromatic heterocycles. The van der Waals surface area contributed by atoms with Gasteiger partial charge in [0, 0.05) is 4.88 Å². The van der Waals surface area contributed by atoms with E-state index in [4.69, 9.17) is 4.74 Å². The van der Waals surface area contributed by atoms with E-state index in [1.54, 1.807) is 0 Å². The molecule has 25 heavy (non-hydrogen) atoms. The molecule has 0 saturated carbocycles. The molecule has 3 rings (SSSR count). The van der Waals surface area contributed by atoms with Gasteiger partial charge in [-0.3, -0.25) is 4.79 Å². The van der Waals surface area contributed by atoms with Crippen LogP contribution in [-0.2, 0) is 23.1 Å². The summed E-state index contributed by atoms with van der Waals surface area (Å²) in [5.41, 5.74) is 3.04. The van der Waals surface area contributed by atoms with Gasteiger partial charge in [0.05, 0.1) is 5.56 Å². The van der Waals surface area contributed by atoms with Gasteiger partial charge in [-0.2, -0.15) is 5.26 Å². The first kappa shape index (κ1) is 17.5. The molecule has 1 N–H and O–H groups in total. The Bertz CT molecular complexity index is 823. The summed E-state index contributed by atoms with van der Waals surface area (Å²) < 4.78 is 5.57. The summed E-state index contributed by atoms with van der Waals surface area (Å²) in [6.45, 7) is 6.40. The number of thiophene rings is 1. The standard InChI is InChI=1S/C20H22N2O2S/c1-20(2,3)13-7-9-14(10-8-13)24-12-18(23)22-19-16(11-21)15-5-4-6-17(15)25-19/h7-10H,4-6,12H2,1-3H3,(H,22,23). The number of anilines is 1. The van der Waals surface area contributed by atoms with Crippen molar-refractivity contribution in [1.29, 1.82) is 5.26 Å². The average molecular weight is 354 g/mol. The first-order valence-electron chi connectivity index (χ1n) is 8.46. The number of nitrogens with zero attached hydrogens (tertiary/aromatic N) is 1. The zero-order valence-corrected chi connectivity index (χ0v) is 15.6. The van der Waals surface area contributed by atoms with Crippen LogP contribution in [0, 0.1) is 11.3 Å². The highest BCUT2D eigenvalue weighted by Gasteiger charge is 2.23. The van der Waals surface area contributed by atoms with Gasteiger partial charge in [0.15, 0.2) is 6.61 Å². The van der Waals surface area contributed by atoms with Crippen molar-refractivity contribution >= 4 is 22.2 Å². The maximum absolute atomic E-state index is 12.2. The zero-order valence-electron chi connectivity index (χ0n) is 14.8. The molecule has 1 aromatic carbocycles. The second-order valence-electron chi connectivity index (χ2n) is 7.28. The number of nitriles is 1. The number of fused-ring (bicyclic) bond motifs is 1. The van der Waals surface area contributed by atoms with Crippen LogP contribution in [0.2, 0.25) is 0 Å². The molecule has 0 radical (unpaired) electrons. The van der Waals surface area contributed by atoms with Gasteiger partial charge in [-0.25, -0.2) is 0 Å². The third-order valence-electron chi connectivity index (χ3n) is 4.38. The normalized spacial score (nSPS) is 13.2.